The monoisotopic (exact) mass is 233 g/mol. The molecular weight excluding hydrogens is 218 g/mol. The third-order valence-corrected chi connectivity index (χ3v) is 3.10. The molecule has 0 aromatic carbocycles. The van der Waals surface area contributed by atoms with Crippen LogP contribution in [0.15, 0.2) is 34.4 Å². The van der Waals surface area contributed by atoms with Crippen LogP contribution < -0.4 is 0 Å². The summed E-state index contributed by atoms with van der Waals surface area (Å²) in [6.45, 7) is 10.2. The standard InChI is InChI=1S/C13H15NOS/c1-8(2)10-5-12-11(14-7-10)6-13(15-12)16-9(3)4/h5-7,9H,1H2,2-4H3. The fourth-order valence-electron chi connectivity index (χ4n) is 1.42. The van der Waals surface area contributed by atoms with Gasteiger partial charge in [0.05, 0.1) is 0 Å². The highest BCUT2D eigenvalue weighted by Crippen LogP contribution is 2.29. The van der Waals surface area contributed by atoms with Crippen LogP contribution in [0.25, 0.3) is 16.7 Å². The summed E-state index contributed by atoms with van der Waals surface area (Å²) < 4.78 is 5.73. The zero-order chi connectivity index (χ0) is 11.7. The van der Waals surface area contributed by atoms with Crippen LogP contribution in [-0.4, -0.2) is 10.2 Å². The van der Waals surface area contributed by atoms with E-state index in [2.05, 4.69) is 25.4 Å². The van der Waals surface area contributed by atoms with E-state index >= 15 is 0 Å². The molecule has 2 heterocycles. The molecule has 2 rings (SSSR count). The topological polar surface area (TPSA) is 26.0 Å². The summed E-state index contributed by atoms with van der Waals surface area (Å²) >= 11 is 1.71. The van der Waals surface area contributed by atoms with Gasteiger partial charge in [0.15, 0.2) is 10.7 Å². The van der Waals surface area contributed by atoms with Gasteiger partial charge in [0.2, 0.25) is 0 Å². The molecule has 0 unspecified atom stereocenters. The van der Waals surface area contributed by atoms with Crippen LogP contribution in [0.5, 0.6) is 0 Å². The van der Waals surface area contributed by atoms with Crippen LogP contribution in [0, 0.1) is 0 Å². The van der Waals surface area contributed by atoms with Crippen molar-refractivity contribution in [2.75, 3.05) is 0 Å². The molecule has 0 fully saturated rings. The van der Waals surface area contributed by atoms with Crippen molar-refractivity contribution in [1.82, 2.24) is 4.98 Å². The summed E-state index contributed by atoms with van der Waals surface area (Å²) in [7, 11) is 0. The second-order valence-electron chi connectivity index (χ2n) is 4.12. The Balaban J connectivity index is 2.42. The van der Waals surface area contributed by atoms with Crippen molar-refractivity contribution < 1.29 is 4.42 Å². The quantitative estimate of drug-likeness (QED) is 0.737. The summed E-state index contributed by atoms with van der Waals surface area (Å²) in [5, 5.41) is 1.44. The minimum Gasteiger partial charge on any atom is -0.448 e. The highest BCUT2D eigenvalue weighted by atomic mass is 32.2. The first-order valence-corrected chi connectivity index (χ1v) is 6.16. The van der Waals surface area contributed by atoms with Crippen molar-refractivity contribution in [2.45, 2.75) is 31.1 Å². The first-order chi connectivity index (χ1) is 7.56. The summed E-state index contributed by atoms with van der Waals surface area (Å²) in [4.78, 5) is 4.36. The van der Waals surface area contributed by atoms with Gasteiger partial charge < -0.3 is 4.42 Å². The molecule has 0 aliphatic rings. The molecule has 2 aromatic heterocycles. The van der Waals surface area contributed by atoms with E-state index in [1.807, 2.05) is 25.3 Å². The summed E-state index contributed by atoms with van der Waals surface area (Å²) in [5.74, 6) is 0. The fraction of sp³-hybridized carbons (Fsp3) is 0.308. The van der Waals surface area contributed by atoms with Crippen molar-refractivity contribution in [1.29, 1.82) is 0 Å². The van der Waals surface area contributed by atoms with E-state index in [0.717, 1.165) is 27.3 Å². The van der Waals surface area contributed by atoms with E-state index in [9.17, 15) is 0 Å². The first kappa shape index (κ1) is 11.3. The number of aromatic nitrogens is 1. The van der Waals surface area contributed by atoms with Crippen LogP contribution in [0.1, 0.15) is 26.3 Å². The predicted molar refractivity (Wildman–Crippen MR) is 69.7 cm³/mol. The molecular formula is C13H15NOS. The molecule has 2 aromatic rings. The number of furan rings is 1. The fourth-order valence-corrected chi connectivity index (χ4v) is 2.20. The maximum atomic E-state index is 5.73. The van der Waals surface area contributed by atoms with Crippen LogP contribution in [0.4, 0.5) is 0 Å². The number of hydrogen-bond donors (Lipinski definition) is 0. The summed E-state index contributed by atoms with van der Waals surface area (Å²) in [6, 6.07) is 3.98. The number of allylic oxidation sites excluding steroid dienone is 1. The van der Waals surface area contributed by atoms with Gasteiger partial charge in [-0.25, -0.2) is 0 Å². The van der Waals surface area contributed by atoms with Gasteiger partial charge in [0, 0.05) is 17.5 Å². The number of fused-ring (bicyclic) bond motifs is 1. The molecule has 0 radical (unpaired) electrons. The van der Waals surface area contributed by atoms with Gasteiger partial charge in [-0.05, 0) is 24.1 Å². The minimum absolute atomic E-state index is 0.515. The van der Waals surface area contributed by atoms with Gasteiger partial charge in [-0.3, -0.25) is 4.98 Å². The molecule has 0 bridgehead atoms. The maximum Gasteiger partial charge on any atom is 0.163 e. The molecule has 84 valence electrons. The van der Waals surface area contributed by atoms with Crippen LogP contribution in [0.3, 0.4) is 0 Å². The zero-order valence-electron chi connectivity index (χ0n) is 9.78. The Morgan fingerprint density at radius 1 is 1.44 bits per heavy atom. The van der Waals surface area contributed by atoms with Gasteiger partial charge in [-0.2, -0.15) is 0 Å². The normalized spacial score (nSPS) is 11.2. The Kier molecular flexibility index (Phi) is 3.06. The number of nitrogens with zero attached hydrogens (tertiary/aromatic N) is 1. The third-order valence-electron chi connectivity index (χ3n) is 2.19. The molecule has 0 N–H and O–H groups in total. The molecule has 2 nitrogen and oxygen atoms in total. The first-order valence-electron chi connectivity index (χ1n) is 5.28. The van der Waals surface area contributed by atoms with Crippen LogP contribution >= 0.6 is 11.8 Å². The van der Waals surface area contributed by atoms with E-state index in [-0.39, 0.29) is 0 Å². The molecule has 0 amide bonds. The Morgan fingerprint density at radius 3 is 2.81 bits per heavy atom. The Bertz CT molecular complexity index is 528. The van der Waals surface area contributed by atoms with Crippen molar-refractivity contribution in [3.8, 4) is 0 Å². The highest BCUT2D eigenvalue weighted by Gasteiger charge is 2.08. The van der Waals surface area contributed by atoms with Gasteiger partial charge >= 0.3 is 0 Å². The number of pyridine rings is 1. The van der Waals surface area contributed by atoms with Crippen LogP contribution in [0.2, 0.25) is 0 Å². The maximum absolute atomic E-state index is 5.73. The molecule has 16 heavy (non-hydrogen) atoms. The molecule has 0 aliphatic heterocycles. The second kappa shape index (κ2) is 4.34. The van der Waals surface area contributed by atoms with Crippen LogP contribution in [-0.2, 0) is 0 Å². The Morgan fingerprint density at radius 2 is 2.19 bits per heavy atom. The minimum atomic E-state index is 0.515. The molecule has 0 atom stereocenters. The van der Waals surface area contributed by atoms with Crippen molar-refractivity contribution in [3.05, 3.63) is 30.5 Å². The largest absolute Gasteiger partial charge is 0.448 e. The average molecular weight is 233 g/mol. The summed E-state index contributed by atoms with van der Waals surface area (Å²) in [5.41, 5.74) is 3.78. The van der Waals surface area contributed by atoms with E-state index in [1.165, 1.54) is 0 Å². The lowest BCUT2D eigenvalue weighted by molar-refractivity contribution is 0.514. The number of thioether (sulfide) groups is 1. The summed E-state index contributed by atoms with van der Waals surface area (Å²) in [6.07, 6.45) is 1.84. The second-order valence-corrected chi connectivity index (χ2v) is 5.70. The lowest BCUT2D eigenvalue weighted by Gasteiger charge is -1.98. The van der Waals surface area contributed by atoms with Crippen molar-refractivity contribution >= 4 is 28.4 Å². The van der Waals surface area contributed by atoms with Crippen molar-refractivity contribution in [2.24, 2.45) is 0 Å². The van der Waals surface area contributed by atoms with E-state index in [0.29, 0.717) is 5.25 Å². The lowest BCUT2D eigenvalue weighted by Crippen LogP contribution is -1.82. The SMILES string of the molecule is C=C(C)c1cnc2cc(SC(C)C)oc2c1. The molecule has 0 saturated heterocycles. The number of hydrogen-bond acceptors (Lipinski definition) is 3. The van der Waals surface area contributed by atoms with E-state index in [4.69, 9.17) is 4.42 Å². The molecule has 0 spiro atoms. The highest BCUT2D eigenvalue weighted by molar-refractivity contribution is 7.99. The van der Waals surface area contributed by atoms with Crippen molar-refractivity contribution in [3.63, 3.8) is 0 Å². The Hall–Kier alpha value is -1.22. The number of rotatable bonds is 3. The smallest absolute Gasteiger partial charge is 0.163 e. The van der Waals surface area contributed by atoms with E-state index in [1.54, 1.807) is 11.8 Å². The van der Waals surface area contributed by atoms with Gasteiger partial charge in [0.1, 0.15) is 5.52 Å². The molecule has 3 heteroatoms. The molecule has 0 aliphatic carbocycles. The third kappa shape index (κ3) is 2.30. The van der Waals surface area contributed by atoms with Gasteiger partial charge in [-0.15, -0.1) is 0 Å². The molecule has 0 saturated carbocycles. The predicted octanol–water partition coefficient (Wildman–Crippen LogP) is 4.36. The average Bonchev–Trinajstić information content (AvgIpc) is 2.56. The van der Waals surface area contributed by atoms with Gasteiger partial charge in [-0.1, -0.05) is 32.2 Å². The van der Waals surface area contributed by atoms with E-state index < -0.39 is 0 Å². The lowest BCUT2D eigenvalue weighted by atomic mass is 10.1. The Labute approximate surface area is 99.8 Å². The van der Waals surface area contributed by atoms with Gasteiger partial charge in [0.25, 0.3) is 0 Å². The zero-order valence-corrected chi connectivity index (χ0v) is 10.6.